The maximum atomic E-state index is 13.4. The molecule has 7 nitrogen and oxygen atoms in total. The van der Waals surface area contributed by atoms with Crippen LogP contribution >= 0.6 is 0 Å². The molecule has 1 aliphatic rings. The van der Waals surface area contributed by atoms with Gasteiger partial charge < -0.3 is 15.2 Å². The molecule has 11 heteroatoms. The molecule has 0 spiro atoms. The van der Waals surface area contributed by atoms with Crippen molar-refractivity contribution >= 4 is 23.3 Å². The largest absolute Gasteiger partial charge is 0.410 e. The van der Waals surface area contributed by atoms with Crippen LogP contribution in [0.1, 0.15) is 64.4 Å². The van der Waals surface area contributed by atoms with Crippen LogP contribution in [0.15, 0.2) is 12.3 Å². The highest BCUT2D eigenvalue weighted by Gasteiger charge is 2.49. The Balaban J connectivity index is 1.97. The third kappa shape index (κ3) is 4.62. The fourth-order valence-electron chi connectivity index (χ4n) is 3.81. The summed E-state index contributed by atoms with van der Waals surface area (Å²) in [4.78, 5) is 42.0. The lowest BCUT2D eigenvalue weighted by atomic mass is 10.0. The molecule has 0 radical (unpaired) electrons. The Morgan fingerprint density at radius 1 is 1.12 bits per heavy atom. The first-order chi connectivity index (χ1) is 15.2. The number of fused-ring (bicyclic) bond motifs is 1. The standard InChI is InChI=1S/C22H24F4N4O3/c1-11-9-13(10-27-18(11)23)28-19(32)15-12(2)16(30-8-6-5-7-14(15)30)17(31)20(33)29-21(3,4)22(24,25)26/h9-10H,5-8H2,1-4H3,(H,28,32)(H,29,33). The van der Waals surface area contributed by atoms with Crippen molar-refractivity contribution < 1.29 is 31.9 Å². The van der Waals surface area contributed by atoms with Crippen molar-refractivity contribution in [3.05, 3.63) is 46.3 Å². The Hall–Kier alpha value is -3.24. The van der Waals surface area contributed by atoms with Crippen molar-refractivity contribution in [2.75, 3.05) is 5.32 Å². The number of hydrogen-bond acceptors (Lipinski definition) is 4. The van der Waals surface area contributed by atoms with Crippen LogP contribution < -0.4 is 10.6 Å². The van der Waals surface area contributed by atoms with E-state index in [-0.39, 0.29) is 28.1 Å². The minimum atomic E-state index is -4.76. The van der Waals surface area contributed by atoms with Crippen molar-refractivity contribution in [3.8, 4) is 0 Å². The average Bonchev–Trinajstić information content (AvgIpc) is 3.00. The number of carbonyl (C=O) groups is 3. The van der Waals surface area contributed by atoms with Gasteiger partial charge in [0.25, 0.3) is 17.6 Å². The van der Waals surface area contributed by atoms with Gasteiger partial charge in [-0.25, -0.2) is 4.98 Å². The van der Waals surface area contributed by atoms with Gasteiger partial charge >= 0.3 is 6.18 Å². The third-order valence-electron chi connectivity index (χ3n) is 5.72. The quantitative estimate of drug-likeness (QED) is 0.302. The predicted octanol–water partition coefficient (Wildman–Crippen LogP) is 3.87. The summed E-state index contributed by atoms with van der Waals surface area (Å²) >= 11 is 0. The van der Waals surface area contributed by atoms with E-state index in [2.05, 4.69) is 10.3 Å². The van der Waals surface area contributed by atoms with Crippen LogP contribution in [0.3, 0.4) is 0 Å². The molecule has 0 fully saturated rings. The minimum absolute atomic E-state index is 0.112. The number of hydrogen-bond donors (Lipinski definition) is 2. The molecule has 2 N–H and O–H groups in total. The maximum Gasteiger partial charge on any atom is 0.410 e. The topological polar surface area (TPSA) is 93.1 Å². The first-order valence-corrected chi connectivity index (χ1v) is 10.3. The van der Waals surface area contributed by atoms with E-state index in [1.807, 2.05) is 0 Å². The van der Waals surface area contributed by atoms with Crippen LogP contribution in [0.25, 0.3) is 0 Å². The van der Waals surface area contributed by atoms with Gasteiger partial charge in [-0.2, -0.15) is 17.6 Å². The van der Waals surface area contributed by atoms with Crippen LogP contribution in [-0.2, 0) is 17.8 Å². The van der Waals surface area contributed by atoms with E-state index >= 15 is 0 Å². The highest BCUT2D eigenvalue weighted by atomic mass is 19.4. The Bertz CT molecular complexity index is 1140. The molecule has 0 unspecified atom stereocenters. The molecule has 0 saturated carbocycles. The molecule has 178 valence electrons. The van der Waals surface area contributed by atoms with Gasteiger partial charge in [-0.1, -0.05) is 0 Å². The number of rotatable bonds is 5. The van der Waals surface area contributed by atoms with E-state index in [9.17, 15) is 31.9 Å². The lowest BCUT2D eigenvalue weighted by Crippen LogP contribution is -2.56. The fourth-order valence-corrected chi connectivity index (χ4v) is 3.81. The van der Waals surface area contributed by atoms with Gasteiger partial charge in [-0.15, -0.1) is 0 Å². The van der Waals surface area contributed by atoms with Crippen molar-refractivity contribution in [1.82, 2.24) is 14.9 Å². The molecule has 0 atom stereocenters. The molecular weight excluding hydrogens is 444 g/mol. The van der Waals surface area contributed by atoms with Crippen LogP contribution in [-0.4, -0.2) is 38.9 Å². The number of Topliss-reactive ketones (excluding diaryl/α,β-unsaturated/α-hetero) is 1. The summed E-state index contributed by atoms with van der Waals surface area (Å²) in [6.45, 7) is 4.83. The Kier molecular flexibility index (Phi) is 6.36. The maximum absolute atomic E-state index is 13.4. The van der Waals surface area contributed by atoms with Crippen LogP contribution in [0.4, 0.5) is 23.2 Å². The van der Waals surface area contributed by atoms with E-state index in [0.717, 1.165) is 26.5 Å². The van der Waals surface area contributed by atoms with Gasteiger partial charge in [0, 0.05) is 17.8 Å². The van der Waals surface area contributed by atoms with Crippen LogP contribution in [0, 0.1) is 19.8 Å². The number of nitrogens with zero attached hydrogens (tertiary/aromatic N) is 2. The summed E-state index contributed by atoms with van der Waals surface area (Å²) < 4.78 is 54.5. The zero-order valence-corrected chi connectivity index (χ0v) is 18.6. The number of amides is 2. The number of ketones is 1. The fraction of sp³-hybridized carbons (Fsp3) is 0.455. The van der Waals surface area contributed by atoms with E-state index in [1.54, 1.807) is 5.32 Å². The van der Waals surface area contributed by atoms with Crippen molar-refractivity contribution in [1.29, 1.82) is 0 Å². The number of alkyl halides is 3. The number of nitrogens with one attached hydrogen (secondary N) is 2. The van der Waals surface area contributed by atoms with Gasteiger partial charge in [-0.05, 0) is 58.6 Å². The van der Waals surface area contributed by atoms with Crippen molar-refractivity contribution in [2.24, 2.45) is 0 Å². The number of carbonyl (C=O) groups excluding carboxylic acids is 3. The average molecular weight is 468 g/mol. The minimum Gasteiger partial charge on any atom is -0.341 e. The zero-order chi connectivity index (χ0) is 24.7. The number of aromatic nitrogens is 2. The Morgan fingerprint density at radius 3 is 2.39 bits per heavy atom. The molecule has 3 rings (SSSR count). The Morgan fingerprint density at radius 2 is 1.79 bits per heavy atom. The summed E-state index contributed by atoms with van der Waals surface area (Å²) in [6, 6.07) is 1.40. The van der Waals surface area contributed by atoms with E-state index in [0.29, 0.717) is 25.1 Å². The molecule has 3 heterocycles. The summed E-state index contributed by atoms with van der Waals surface area (Å²) in [7, 11) is 0. The van der Waals surface area contributed by atoms with Gasteiger partial charge in [0.2, 0.25) is 5.95 Å². The normalized spacial score (nSPS) is 13.9. The first kappa shape index (κ1) is 24.4. The highest BCUT2D eigenvalue weighted by Crippen LogP contribution is 2.31. The van der Waals surface area contributed by atoms with Gasteiger partial charge in [-0.3, -0.25) is 14.4 Å². The lowest BCUT2D eigenvalue weighted by Gasteiger charge is -2.28. The van der Waals surface area contributed by atoms with E-state index in [4.69, 9.17) is 0 Å². The third-order valence-corrected chi connectivity index (χ3v) is 5.72. The first-order valence-electron chi connectivity index (χ1n) is 10.3. The second-order valence-electron chi connectivity index (χ2n) is 8.60. The molecule has 33 heavy (non-hydrogen) atoms. The lowest BCUT2D eigenvalue weighted by molar-refractivity contribution is -0.187. The van der Waals surface area contributed by atoms with Crippen molar-refractivity contribution in [3.63, 3.8) is 0 Å². The molecule has 0 bridgehead atoms. The molecule has 2 amide bonds. The van der Waals surface area contributed by atoms with Gasteiger partial charge in [0.05, 0.1) is 23.1 Å². The van der Waals surface area contributed by atoms with Gasteiger partial charge in [0.1, 0.15) is 5.54 Å². The number of anilines is 1. The van der Waals surface area contributed by atoms with E-state index < -0.39 is 35.3 Å². The summed E-state index contributed by atoms with van der Waals surface area (Å²) in [5.74, 6) is -3.81. The second-order valence-corrected chi connectivity index (χ2v) is 8.60. The molecule has 2 aromatic rings. The summed E-state index contributed by atoms with van der Waals surface area (Å²) in [5, 5.41) is 4.36. The zero-order valence-electron chi connectivity index (χ0n) is 18.6. The second kappa shape index (κ2) is 8.60. The molecule has 0 saturated heterocycles. The molecular formula is C22H24F4N4O3. The van der Waals surface area contributed by atoms with Gasteiger partial charge in [0.15, 0.2) is 0 Å². The van der Waals surface area contributed by atoms with E-state index in [1.165, 1.54) is 24.5 Å². The molecule has 0 aliphatic carbocycles. The number of aryl methyl sites for hydroxylation is 1. The number of halogens is 4. The highest BCUT2D eigenvalue weighted by molar-refractivity contribution is 6.43. The predicted molar refractivity (Wildman–Crippen MR) is 112 cm³/mol. The molecule has 1 aliphatic heterocycles. The summed E-state index contributed by atoms with van der Waals surface area (Å²) in [5.41, 5.74) is -1.37. The Labute approximate surface area is 187 Å². The van der Waals surface area contributed by atoms with Crippen LogP contribution in [0.2, 0.25) is 0 Å². The van der Waals surface area contributed by atoms with Crippen LogP contribution in [0.5, 0.6) is 0 Å². The summed E-state index contributed by atoms with van der Waals surface area (Å²) in [6.07, 6.45) is -1.74. The monoisotopic (exact) mass is 468 g/mol. The van der Waals surface area contributed by atoms with Crippen molar-refractivity contribution in [2.45, 2.75) is 65.2 Å². The molecule has 2 aromatic heterocycles. The smallest absolute Gasteiger partial charge is 0.341 e. The SMILES string of the molecule is Cc1cc(NC(=O)c2c(C)c(C(=O)C(=O)NC(C)(C)C(F)(F)F)n3c2CCCC3)cnc1F. The number of pyridine rings is 1. The molecule has 0 aromatic carbocycles.